The lowest BCUT2D eigenvalue weighted by Gasteiger charge is -2.08. The van der Waals surface area contributed by atoms with Gasteiger partial charge in [0.05, 0.1) is 6.61 Å². The van der Waals surface area contributed by atoms with Crippen LogP contribution < -0.4 is 16.0 Å². The summed E-state index contributed by atoms with van der Waals surface area (Å²) in [4.78, 5) is 23.9. The van der Waals surface area contributed by atoms with Crippen molar-refractivity contribution in [3.05, 3.63) is 35.4 Å². The van der Waals surface area contributed by atoms with E-state index in [9.17, 15) is 9.59 Å². The molecule has 1 rings (SSSR count). The normalized spacial score (nSPS) is 9.83. The van der Waals surface area contributed by atoms with E-state index in [2.05, 4.69) is 16.0 Å². The van der Waals surface area contributed by atoms with Crippen molar-refractivity contribution in [1.29, 1.82) is 0 Å². The number of carbonyl (C=O) groups is 2. The van der Waals surface area contributed by atoms with E-state index >= 15 is 0 Å². The first-order valence-electron chi connectivity index (χ1n) is 7.55. The third-order valence-electron chi connectivity index (χ3n) is 2.99. The highest BCUT2D eigenvalue weighted by molar-refractivity contribution is 5.99. The van der Waals surface area contributed by atoms with Gasteiger partial charge in [-0.05, 0) is 24.6 Å². The van der Waals surface area contributed by atoms with Gasteiger partial charge in [-0.1, -0.05) is 13.0 Å². The van der Waals surface area contributed by atoms with Crippen molar-refractivity contribution in [2.24, 2.45) is 0 Å². The Balaban J connectivity index is 0.00000484. The summed E-state index contributed by atoms with van der Waals surface area (Å²) in [6, 6.07) is 6.73. The molecule has 0 radical (unpaired) electrons. The molecule has 0 saturated heterocycles. The summed E-state index contributed by atoms with van der Waals surface area (Å²) in [6.07, 6.45) is 0.877. The summed E-state index contributed by atoms with van der Waals surface area (Å²) in [6.45, 7) is 5.20. The van der Waals surface area contributed by atoms with Gasteiger partial charge in [-0.2, -0.15) is 0 Å². The van der Waals surface area contributed by atoms with E-state index < -0.39 is 0 Å². The second-order valence-corrected chi connectivity index (χ2v) is 4.84. The van der Waals surface area contributed by atoms with Crippen molar-refractivity contribution in [2.45, 2.75) is 13.3 Å². The molecule has 0 aliphatic rings. The predicted octanol–water partition coefficient (Wildman–Crippen LogP) is 1.21. The second-order valence-electron chi connectivity index (χ2n) is 4.84. The molecule has 0 unspecified atom stereocenters. The molecular formula is C16H26ClN3O3. The number of rotatable bonds is 10. The fourth-order valence-corrected chi connectivity index (χ4v) is 1.81. The molecule has 6 nitrogen and oxygen atoms in total. The summed E-state index contributed by atoms with van der Waals surface area (Å²) in [5.74, 6) is -0.337. The maximum absolute atomic E-state index is 12.0. The number of benzene rings is 1. The quantitative estimate of drug-likeness (QED) is 0.558. The zero-order valence-electron chi connectivity index (χ0n) is 13.7. The average molecular weight is 344 g/mol. The second kappa shape index (κ2) is 12.9. The number of hydrogen-bond acceptors (Lipinski definition) is 4. The van der Waals surface area contributed by atoms with Crippen LogP contribution in [0.25, 0.3) is 0 Å². The van der Waals surface area contributed by atoms with Gasteiger partial charge in [0.1, 0.15) is 0 Å². The maximum atomic E-state index is 12.0. The standard InChI is InChI=1S/C16H25N3O3.ClH/c1-3-7-18-15(20)13-5-4-6-14(12-13)16(21)19-9-8-17-10-11-22-2;/h4-6,12,17H,3,7-11H2,1-2H3,(H,18,20)(H,19,21);1H. The molecule has 1 aromatic rings. The van der Waals surface area contributed by atoms with Crippen LogP contribution in [0.5, 0.6) is 0 Å². The largest absolute Gasteiger partial charge is 0.383 e. The van der Waals surface area contributed by atoms with Crippen molar-refractivity contribution >= 4 is 24.2 Å². The molecule has 0 heterocycles. The number of nitrogens with one attached hydrogen (secondary N) is 3. The van der Waals surface area contributed by atoms with E-state index in [0.717, 1.165) is 13.0 Å². The molecular weight excluding hydrogens is 318 g/mol. The van der Waals surface area contributed by atoms with Gasteiger partial charge in [0.25, 0.3) is 11.8 Å². The zero-order valence-corrected chi connectivity index (χ0v) is 14.5. The Morgan fingerprint density at radius 2 is 1.61 bits per heavy atom. The van der Waals surface area contributed by atoms with E-state index in [1.807, 2.05) is 6.92 Å². The maximum Gasteiger partial charge on any atom is 0.251 e. The first-order valence-corrected chi connectivity index (χ1v) is 7.55. The molecule has 3 N–H and O–H groups in total. The lowest BCUT2D eigenvalue weighted by atomic mass is 10.1. The van der Waals surface area contributed by atoms with Crippen LogP contribution in [0.1, 0.15) is 34.1 Å². The van der Waals surface area contributed by atoms with E-state index in [1.165, 1.54) is 0 Å². The summed E-state index contributed by atoms with van der Waals surface area (Å²) in [5, 5.41) is 8.75. The minimum atomic E-state index is -0.182. The van der Waals surface area contributed by atoms with Gasteiger partial charge in [0, 0.05) is 44.4 Å². The minimum Gasteiger partial charge on any atom is -0.383 e. The van der Waals surface area contributed by atoms with Gasteiger partial charge in [0.2, 0.25) is 0 Å². The Morgan fingerprint density at radius 1 is 1.00 bits per heavy atom. The van der Waals surface area contributed by atoms with Crippen LogP contribution in [0.4, 0.5) is 0 Å². The van der Waals surface area contributed by atoms with Gasteiger partial charge in [-0.3, -0.25) is 9.59 Å². The molecule has 0 atom stereocenters. The molecule has 130 valence electrons. The van der Waals surface area contributed by atoms with Crippen LogP contribution in [0.15, 0.2) is 24.3 Å². The molecule has 7 heteroatoms. The molecule has 0 bridgehead atoms. The number of halogens is 1. The predicted molar refractivity (Wildman–Crippen MR) is 93.4 cm³/mol. The van der Waals surface area contributed by atoms with Crippen LogP contribution in [0, 0.1) is 0 Å². The Morgan fingerprint density at radius 3 is 2.17 bits per heavy atom. The Kier molecular flexibility index (Phi) is 12.0. The number of hydrogen-bond donors (Lipinski definition) is 3. The molecule has 0 aromatic heterocycles. The van der Waals surface area contributed by atoms with Crippen LogP contribution in [-0.2, 0) is 4.74 Å². The Bertz CT molecular complexity index is 483. The van der Waals surface area contributed by atoms with Crippen LogP contribution in [0.2, 0.25) is 0 Å². The zero-order chi connectivity index (χ0) is 16.2. The molecule has 0 aliphatic heterocycles. The summed E-state index contributed by atoms with van der Waals surface area (Å²) >= 11 is 0. The van der Waals surface area contributed by atoms with Crippen LogP contribution in [-0.4, -0.2) is 51.7 Å². The molecule has 23 heavy (non-hydrogen) atoms. The number of ether oxygens (including phenoxy) is 1. The van der Waals surface area contributed by atoms with Crippen molar-refractivity contribution in [3.63, 3.8) is 0 Å². The van der Waals surface area contributed by atoms with Crippen LogP contribution in [0.3, 0.4) is 0 Å². The average Bonchev–Trinajstić information content (AvgIpc) is 2.55. The van der Waals surface area contributed by atoms with Crippen molar-refractivity contribution in [3.8, 4) is 0 Å². The molecule has 0 saturated carbocycles. The lowest BCUT2D eigenvalue weighted by Crippen LogP contribution is -2.33. The van der Waals surface area contributed by atoms with Gasteiger partial charge in [0.15, 0.2) is 0 Å². The van der Waals surface area contributed by atoms with Crippen molar-refractivity contribution in [1.82, 2.24) is 16.0 Å². The number of amides is 2. The molecule has 0 aliphatic carbocycles. The highest BCUT2D eigenvalue weighted by Gasteiger charge is 2.09. The summed E-state index contributed by atoms with van der Waals surface area (Å²) in [7, 11) is 1.65. The summed E-state index contributed by atoms with van der Waals surface area (Å²) < 4.78 is 4.91. The van der Waals surface area contributed by atoms with E-state index in [4.69, 9.17) is 4.74 Å². The van der Waals surface area contributed by atoms with E-state index in [1.54, 1.807) is 31.4 Å². The third-order valence-corrected chi connectivity index (χ3v) is 2.99. The molecule has 1 aromatic carbocycles. The fourth-order valence-electron chi connectivity index (χ4n) is 1.81. The smallest absolute Gasteiger partial charge is 0.251 e. The van der Waals surface area contributed by atoms with Gasteiger partial charge in [-0.15, -0.1) is 12.4 Å². The highest BCUT2D eigenvalue weighted by atomic mass is 35.5. The monoisotopic (exact) mass is 343 g/mol. The van der Waals surface area contributed by atoms with E-state index in [-0.39, 0.29) is 24.2 Å². The van der Waals surface area contributed by atoms with Gasteiger partial charge >= 0.3 is 0 Å². The molecule has 2 amide bonds. The topological polar surface area (TPSA) is 79.5 Å². The van der Waals surface area contributed by atoms with E-state index in [0.29, 0.717) is 37.4 Å². The highest BCUT2D eigenvalue weighted by Crippen LogP contribution is 2.05. The van der Waals surface area contributed by atoms with Crippen molar-refractivity contribution < 1.29 is 14.3 Å². The van der Waals surface area contributed by atoms with Crippen molar-refractivity contribution in [2.75, 3.05) is 39.9 Å². The SMILES string of the molecule is CCCNC(=O)c1cccc(C(=O)NCCNCCOC)c1.Cl. The lowest BCUT2D eigenvalue weighted by molar-refractivity contribution is 0.0953. The first-order chi connectivity index (χ1) is 10.7. The first kappa shape index (κ1) is 21.4. The molecule has 0 fully saturated rings. The Hall–Kier alpha value is -1.63. The van der Waals surface area contributed by atoms with Crippen LogP contribution >= 0.6 is 12.4 Å². The number of methoxy groups -OCH3 is 1. The summed E-state index contributed by atoms with van der Waals surface area (Å²) in [5.41, 5.74) is 0.986. The molecule has 0 spiro atoms. The third kappa shape index (κ3) is 8.54. The Labute approximate surface area is 143 Å². The number of carbonyl (C=O) groups excluding carboxylic acids is 2. The van der Waals surface area contributed by atoms with Gasteiger partial charge < -0.3 is 20.7 Å². The fraction of sp³-hybridized carbons (Fsp3) is 0.500. The minimum absolute atomic E-state index is 0. The van der Waals surface area contributed by atoms with Gasteiger partial charge in [-0.25, -0.2) is 0 Å².